The average molecular weight is 456 g/mol. The quantitative estimate of drug-likeness (QED) is 0.370. The van der Waals surface area contributed by atoms with Crippen molar-refractivity contribution in [1.29, 1.82) is 0 Å². The van der Waals surface area contributed by atoms with E-state index in [0.717, 1.165) is 24.3 Å². The van der Waals surface area contributed by atoms with Gasteiger partial charge >= 0.3 is 38.6 Å². The van der Waals surface area contributed by atoms with Gasteiger partial charge in [0.25, 0.3) is 0 Å². The summed E-state index contributed by atoms with van der Waals surface area (Å²) in [6.07, 6.45) is -8.37. The molecule has 128 valence electrons. The molecule has 0 fully saturated rings. The fraction of sp³-hybridized carbons (Fsp3) is 0.286. The van der Waals surface area contributed by atoms with Crippen LogP contribution in [0.1, 0.15) is 22.3 Å². The fourth-order valence-corrected chi connectivity index (χ4v) is 1.48. The van der Waals surface area contributed by atoms with Crippen molar-refractivity contribution in [3.8, 4) is 0 Å². The predicted octanol–water partition coefficient (Wildman–Crippen LogP) is -0.529. The standard InChI is InChI=1S/2C7H6F3.2ClH.Zr/c2*1-5-2-3-6(4-5)7(8,9)10;;;/h2*2-4H,1H3;2*1H;/q2*-1;;;+4/p-2. The van der Waals surface area contributed by atoms with Crippen LogP contribution in [-0.4, -0.2) is 0 Å². The van der Waals surface area contributed by atoms with Crippen LogP contribution in [0.3, 0.4) is 0 Å². The van der Waals surface area contributed by atoms with Gasteiger partial charge in [0.05, 0.1) is 0 Å². The monoisotopic (exact) mass is 454 g/mol. The van der Waals surface area contributed by atoms with E-state index < -0.39 is 23.5 Å². The SMILES string of the molecule is C[c-]1ccc(C(F)(F)F)c1.C[c-]1ccc(C(F)(F)F)c1.[Cl-].[Cl-].[Zr+4]. The van der Waals surface area contributed by atoms with Crippen molar-refractivity contribution in [2.75, 3.05) is 0 Å². The van der Waals surface area contributed by atoms with E-state index >= 15 is 0 Å². The molecule has 0 saturated heterocycles. The van der Waals surface area contributed by atoms with Crippen molar-refractivity contribution in [1.82, 2.24) is 0 Å². The summed E-state index contributed by atoms with van der Waals surface area (Å²) in [5.74, 6) is 0. The van der Waals surface area contributed by atoms with E-state index in [4.69, 9.17) is 0 Å². The van der Waals surface area contributed by atoms with Crippen LogP contribution in [0.15, 0.2) is 36.4 Å². The summed E-state index contributed by atoms with van der Waals surface area (Å²) in [4.78, 5) is 0. The second-order valence-corrected chi connectivity index (χ2v) is 4.35. The van der Waals surface area contributed by atoms with Crippen molar-refractivity contribution in [2.24, 2.45) is 0 Å². The van der Waals surface area contributed by atoms with Gasteiger partial charge in [-0.3, -0.25) is 0 Å². The minimum absolute atomic E-state index is 0. The largest absolute Gasteiger partial charge is 4.00 e. The molecule has 0 radical (unpaired) electrons. The molecule has 0 spiro atoms. The Morgan fingerprint density at radius 2 is 0.957 bits per heavy atom. The zero-order valence-corrected chi connectivity index (χ0v) is 16.0. The summed E-state index contributed by atoms with van der Waals surface area (Å²) in [5.41, 5.74) is 0.162. The smallest absolute Gasteiger partial charge is 1.00 e. The summed E-state index contributed by atoms with van der Waals surface area (Å²) in [6.45, 7) is 3.27. The van der Waals surface area contributed by atoms with Gasteiger partial charge in [-0.05, 0) is 0 Å². The summed E-state index contributed by atoms with van der Waals surface area (Å²) in [7, 11) is 0. The predicted molar refractivity (Wildman–Crippen MR) is 63.5 cm³/mol. The van der Waals surface area contributed by atoms with Gasteiger partial charge in [0.15, 0.2) is 0 Å². The molecule has 0 nitrogen and oxygen atoms in total. The van der Waals surface area contributed by atoms with Crippen LogP contribution in [0.2, 0.25) is 0 Å². The van der Waals surface area contributed by atoms with E-state index in [1.807, 2.05) is 0 Å². The van der Waals surface area contributed by atoms with Crippen LogP contribution in [0.5, 0.6) is 0 Å². The molecule has 0 amide bonds. The normalized spacial score (nSPS) is 10.4. The van der Waals surface area contributed by atoms with E-state index in [1.54, 1.807) is 13.8 Å². The van der Waals surface area contributed by atoms with Gasteiger partial charge in [0.1, 0.15) is 0 Å². The summed E-state index contributed by atoms with van der Waals surface area (Å²) in [6, 6.07) is 7.30. The molecule has 0 aliphatic rings. The first kappa shape index (κ1) is 27.6. The van der Waals surface area contributed by atoms with Gasteiger partial charge in [-0.15, -0.1) is 0 Å². The van der Waals surface area contributed by atoms with Crippen LogP contribution in [0.4, 0.5) is 26.3 Å². The first-order valence-electron chi connectivity index (χ1n) is 5.61. The van der Waals surface area contributed by atoms with Gasteiger partial charge in [-0.1, -0.05) is 25.0 Å². The minimum Gasteiger partial charge on any atom is -1.00 e. The molecule has 0 unspecified atom stereocenters. The van der Waals surface area contributed by atoms with Crippen molar-refractivity contribution < 1.29 is 77.4 Å². The molecular formula is C14H12Cl2F6Zr. The Bertz CT molecular complexity index is 504. The maximum Gasteiger partial charge on any atom is 4.00 e. The third kappa shape index (κ3) is 9.58. The molecule has 0 N–H and O–H groups in total. The number of alkyl halides is 6. The topological polar surface area (TPSA) is 0 Å². The Kier molecular flexibility index (Phi) is 12.7. The first-order chi connectivity index (χ1) is 9.00. The van der Waals surface area contributed by atoms with Crippen molar-refractivity contribution >= 4 is 0 Å². The van der Waals surface area contributed by atoms with E-state index in [2.05, 4.69) is 0 Å². The third-order valence-corrected chi connectivity index (χ3v) is 2.47. The summed E-state index contributed by atoms with van der Waals surface area (Å²) < 4.78 is 70.8. The van der Waals surface area contributed by atoms with Crippen LogP contribution >= 0.6 is 0 Å². The molecule has 9 heteroatoms. The van der Waals surface area contributed by atoms with Crippen LogP contribution in [0, 0.1) is 13.8 Å². The second-order valence-electron chi connectivity index (χ2n) is 4.35. The number of rotatable bonds is 0. The number of hydrogen-bond acceptors (Lipinski definition) is 0. The Hall–Kier alpha value is -0.257. The van der Waals surface area contributed by atoms with Gasteiger partial charge in [0.2, 0.25) is 0 Å². The zero-order valence-electron chi connectivity index (χ0n) is 12.0. The van der Waals surface area contributed by atoms with E-state index in [9.17, 15) is 26.3 Å². The minimum atomic E-state index is -4.19. The number of aryl methyl sites for hydroxylation is 2. The Morgan fingerprint density at radius 1 is 0.696 bits per heavy atom. The van der Waals surface area contributed by atoms with Crippen LogP contribution in [-0.2, 0) is 38.6 Å². The molecule has 0 aromatic heterocycles. The zero-order chi connectivity index (χ0) is 15.6. The fourth-order valence-electron chi connectivity index (χ4n) is 1.48. The van der Waals surface area contributed by atoms with Crippen LogP contribution < -0.4 is 24.8 Å². The average Bonchev–Trinajstić information content (AvgIpc) is 2.85. The van der Waals surface area contributed by atoms with Crippen LogP contribution in [0.25, 0.3) is 0 Å². The van der Waals surface area contributed by atoms with E-state index in [-0.39, 0.29) is 51.0 Å². The molecule has 0 saturated carbocycles. The molecule has 0 aliphatic carbocycles. The molecule has 0 heterocycles. The Morgan fingerprint density at radius 3 is 1.04 bits per heavy atom. The maximum atomic E-state index is 11.8. The van der Waals surface area contributed by atoms with Gasteiger partial charge in [-0.25, -0.2) is 12.1 Å². The van der Waals surface area contributed by atoms with Gasteiger partial charge < -0.3 is 24.8 Å². The van der Waals surface area contributed by atoms with E-state index in [0.29, 0.717) is 11.1 Å². The Labute approximate surface area is 161 Å². The molecule has 0 aliphatic heterocycles. The molecule has 2 rings (SSSR count). The third-order valence-electron chi connectivity index (χ3n) is 2.47. The number of hydrogen-bond donors (Lipinski definition) is 0. The molecule has 23 heavy (non-hydrogen) atoms. The van der Waals surface area contributed by atoms with Gasteiger partial charge in [-0.2, -0.15) is 61.7 Å². The number of halogens is 8. The maximum absolute atomic E-state index is 11.8. The first-order valence-corrected chi connectivity index (χ1v) is 5.61. The van der Waals surface area contributed by atoms with E-state index in [1.165, 1.54) is 12.1 Å². The molecule has 0 bridgehead atoms. The van der Waals surface area contributed by atoms with Crippen molar-refractivity contribution in [3.05, 3.63) is 58.7 Å². The second kappa shape index (κ2) is 10.6. The van der Waals surface area contributed by atoms with Crippen molar-refractivity contribution in [3.63, 3.8) is 0 Å². The molecule has 2 aromatic carbocycles. The molecule has 2 aromatic rings. The van der Waals surface area contributed by atoms with Crippen molar-refractivity contribution in [2.45, 2.75) is 26.2 Å². The van der Waals surface area contributed by atoms with Gasteiger partial charge in [0, 0.05) is 0 Å². The molecular weight excluding hydrogens is 444 g/mol. The summed E-state index contributed by atoms with van der Waals surface area (Å²) >= 11 is 0. The summed E-state index contributed by atoms with van der Waals surface area (Å²) in [5, 5.41) is 0. The molecule has 0 atom stereocenters. The Balaban J connectivity index is -0.000000308.